The molecule has 1 atom stereocenters. The first-order chi connectivity index (χ1) is 9.22. The summed E-state index contributed by atoms with van der Waals surface area (Å²) in [6.45, 7) is 2.76. The van der Waals surface area contributed by atoms with Crippen molar-refractivity contribution >= 4 is 15.9 Å². The van der Waals surface area contributed by atoms with Gasteiger partial charge in [-0.2, -0.15) is 4.98 Å². The van der Waals surface area contributed by atoms with E-state index in [1.165, 1.54) is 0 Å². The SMILES string of the molecule is CC(Cn1ccnc1)c1nc(-c2ccc(Br)o2)no1. The molecule has 0 bridgehead atoms. The second-order valence-corrected chi connectivity index (χ2v) is 5.00. The Morgan fingerprint density at radius 2 is 2.32 bits per heavy atom. The van der Waals surface area contributed by atoms with Gasteiger partial charge in [0.25, 0.3) is 0 Å². The van der Waals surface area contributed by atoms with Crippen LogP contribution in [-0.2, 0) is 6.54 Å². The largest absolute Gasteiger partial charge is 0.446 e. The van der Waals surface area contributed by atoms with Crippen LogP contribution >= 0.6 is 15.9 Å². The number of nitrogens with zero attached hydrogens (tertiary/aromatic N) is 4. The van der Waals surface area contributed by atoms with Crippen LogP contribution in [0.5, 0.6) is 0 Å². The summed E-state index contributed by atoms with van der Waals surface area (Å²) in [6, 6.07) is 3.58. The second-order valence-electron chi connectivity index (χ2n) is 4.22. The van der Waals surface area contributed by atoms with Gasteiger partial charge >= 0.3 is 0 Å². The van der Waals surface area contributed by atoms with Crippen molar-refractivity contribution in [1.82, 2.24) is 19.7 Å². The Hall–Kier alpha value is -1.89. The van der Waals surface area contributed by atoms with Crippen LogP contribution < -0.4 is 0 Å². The molecule has 0 aliphatic heterocycles. The van der Waals surface area contributed by atoms with Crippen molar-refractivity contribution in [3.05, 3.63) is 41.4 Å². The lowest BCUT2D eigenvalue weighted by molar-refractivity contribution is 0.346. The zero-order chi connectivity index (χ0) is 13.2. The molecule has 0 aliphatic rings. The van der Waals surface area contributed by atoms with Crippen molar-refractivity contribution in [1.29, 1.82) is 0 Å². The third-order valence-electron chi connectivity index (χ3n) is 2.70. The topological polar surface area (TPSA) is 69.9 Å². The third-order valence-corrected chi connectivity index (χ3v) is 3.13. The van der Waals surface area contributed by atoms with Crippen LogP contribution in [0.15, 0.2) is 44.5 Å². The van der Waals surface area contributed by atoms with Crippen LogP contribution in [0.25, 0.3) is 11.6 Å². The molecule has 0 amide bonds. The van der Waals surface area contributed by atoms with Gasteiger partial charge in [-0.3, -0.25) is 0 Å². The number of aromatic nitrogens is 4. The predicted molar refractivity (Wildman–Crippen MR) is 70.3 cm³/mol. The molecule has 6 nitrogen and oxygen atoms in total. The van der Waals surface area contributed by atoms with Crippen LogP contribution in [-0.4, -0.2) is 19.7 Å². The summed E-state index contributed by atoms with van der Waals surface area (Å²) in [5, 5.41) is 3.92. The maximum absolute atomic E-state index is 5.38. The molecule has 0 aliphatic carbocycles. The molecule has 3 rings (SSSR count). The Bertz CT molecular complexity index is 659. The minimum atomic E-state index is 0.105. The Balaban J connectivity index is 1.77. The van der Waals surface area contributed by atoms with E-state index in [2.05, 4.69) is 31.1 Å². The van der Waals surface area contributed by atoms with E-state index in [0.29, 0.717) is 22.1 Å². The summed E-state index contributed by atoms with van der Waals surface area (Å²) in [7, 11) is 0. The van der Waals surface area contributed by atoms with Gasteiger partial charge in [0, 0.05) is 18.9 Å². The van der Waals surface area contributed by atoms with Gasteiger partial charge in [-0.25, -0.2) is 4.98 Å². The highest BCUT2D eigenvalue weighted by Crippen LogP contribution is 2.24. The highest BCUT2D eigenvalue weighted by molar-refractivity contribution is 9.10. The molecule has 3 heterocycles. The van der Waals surface area contributed by atoms with Gasteiger partial charge in [-0.05, 0) is 28.1 Å². The third kappa shape index (κ3) is 2.60. The summed E-state index contributed by atoms with van der Waals surface area (Å²) in [5.41, 5.74) is 0. The van der Waals surface area contributed by atoms with E-state index in [-0.39, 0.29) is 5.92 Å². The smallest absolute Gasteiger partial charge is 0.238 e. The molecule has 98 valence electrons. The molecule has 0 saturated carbocycles. The number of furan rings is 1. The van der Waals surface area contributed by atoms with Crippen LogP contribution in [0, 0.1) is 0 Å². The van der Waals surface area contributed by atoms with Gasteiger partial charge in [-0.15, -0.1) is 0 Å². The number of halogens is 1. The molecule has 7 heteroatoms. The maximum atomic E-state index is 5.38. The van der Waals surface area contributed by atoms with Gasteiger partial charge in [0.05, 0.1) is 12.2 Å². The van der Waals surface area contributed by atoms with Crippen molar-refractivity contribution in [3.63, 3.8) is 0 Å². The summed E-state index contributed by atoms with van der Waals surface area (Å²) in [4.78, 5) is 8.35. The van der Waals surface area contributed by atoms with E-state index in [1.54, 1.807) is 24.7 Å². The highest BCUT2D eigenvalue weighted by Gasteiger charge is 2.17. The van der Waals surface area contributed by atoms with Gasteiger partial charge in [-0.1, -0.05) is 12.1 Å². The zero-order valence-electron chi connectivity index (χ0n) is 10.2. The van der Waals surface area contributed by atoms with Crippen molar-refractivity contribution in [2.75, 3.05) is 0 Å². The minimum Gasteiger partial charge on any atom is -0.446 e. The van der Waals surface area contributed by atoms with Crippen molar-refractivity contribution in [3.8, 4) is 11.6 Å². The summed E-state index contributed by atoms with van der Waals surface area (Å²) in [6.07, 6.45) is 5.40. The fourth-order valence-corrected chi connectivity index (χ4v) is 2.07. The van der Waals surface area contributed by atoms with Crippen molar-refractivity contribution in [2.45, 2.75) is 19.4 Å². The van der Waals surface area contributed by atoms with Gasteiger partial charge < -0.3 is 13.5 Å². The molecule has 3 aromatic rings. The molecule has 19 heavy (non-hydrogen) atoms. The first-order valence-corrected chi connectivity index (χ1v) is 6.57. The molecule has 0 fully saturated rings. The lowest BCUT2D eigenvalue weighted by Crippen LogP contribution is -2.04. The van der Waals surface area contributed by atoms with E-state index in [9.17, 15) is 0 Å². The fourth-order valence-electron chi connectivity index (χ4n) is 1.76. The van der Waals surface area contributed by atoms with E-state index in [0.717, 1.165) is 6.54 Å². The monoisotopic (exact) mass is 322 g/mol. The average Bonchev–Trinajstić information content (AvgIpc) is 3.07. The molecule has 3 aromatic heterocycles. The van der Waals surface area contributed by atoms with Gasteiger partial charge in [0.15, 0.2) is 10.4 Å². The number of rotatable bonds is 4. The Labute approximate surface area is 117 Å². The van der Waals surface area contributed by atoms with Gasteiger partial charge in [0.1, 0.15) is 0 Å². The van der Waals surface area contributed by atoms with Crippen LogP contribution in [0.3, 0.4) is 0 Å². The highest BCUT2D eigenvalue weighted by atomic mass is 79.9. The Morgan fingerprint density at radius 3 is 3.00 bits per heavy atom. The van der Waals surface area contributed by atoms with Crippen molar-refractivity contribution in [2.24, 2.45) is 0 Å². The minimum absolute atomic E-state index is 0.105. The van der Waals surface area contributed by atoms with Crippen LogP contribution in [0.1, 0.15) is 18.7 Å². The van der Waals surface area contributed by atoms with E-state index in [1.807, 2.05) is 17.7 Å². The molecule has 1 unspecified atom stereocenters. The normalized spacial score (nSPS) is 12.7. The lowest BCUT2D eigenvalue weighted by Gasteiger charge is -2.06. The lowest BCUT2D eigenvalue weighted by atomic mass is 10.2. The standard InChI is InChI=1S/C12H11BrN4O2/c1-8(6-17-5-4-14-7-17)12-15-11(16-19-12)9-2-3-10(13)18-9/h2-5,7-8H,6H2,1H3. The summed E-state index contributed by atoms with van der Waals surface area (Å²) in [5.74, 6) is 1.72. The number of hydrogen-bond donors (Lipinski definition) is 0. The van der Waals surface area contributed by atoms with E-state index in [4.69, 9.17) is 8.94 Å². The predicted octanol–water partition coefficient (Wildman–Crippen LogP) is 3.09. The zero-order valence-corrected chi connectivity index (χ0v) is 11.7. The molecular weight excluding hydrogens is 312 g/mol. The quantitative estimate of drug-likeness (QED) is 0.738. The van der Waals surface area contributed by atoms with Crippen LogP contribution in [0.2, 0.25) is 0 Å². The maximum Gasteiger partial charge on any atom is 0.238 e. The molecule has 0 aromatic carbocycles. The summed E-state index contributed by atoms with van der Waals surface area (Å²) < 4.78 is 13.3. The number of hydrogen-bond acceptors (Lipinski definition) is 5. The van der Waals surface area contributed by atoms with E-state index >= 15 is 0 Å². The first kappa shape index (κ1) is 12.2. The Kier molecular flexibility index (Phi) is 3.20. The van der Waals surface area contributed by atoms with E-state index < -0.39 is 0 Å². The summed E-state index contributed by atoms with van der Waals surface area (Å²) >= 11 is 3.24. The first-order valence-electron chi connectivity index (χ1n) is 5.77. The van der Waals surface area contributed by atoms with Crippen LogP contribution in [0.4, 0.5) is 0 Å². The number of imidazole rings is 1. The van der Waals surface area contributed by atoms with Gasteiger partial charge in [0.2, 0.25) is 11.7 Å². The molecular formula is C12H11BrN4O2. The Morgan fingerprint density at radius 1 is 1.42 bits per heavy atom. The molecule has 0 radical (unpaired) electrons. The van der Waals surface area contributed by atoms with Crippen molar-refractivity contribution < 1.29 is 8.94 Å². The second kappa shape index (κ2) is 5.00. The average molecular weight is 323 g/mol. The molecule has 0 N–H and O–H groups in total. The molecule has 0 spiro atoms. The fraction of sp³-hybridized carbons (Fsp3) is 0.250. The molecule has 0 saturated heterocycles.